The van der Waals surface area contributed by atoms with Gasteiger partial charge in [-0.1, -0.05) is 6.07 Å². The molecule has 0 aliphatic heterocycles. The van der Waals surface area contributed by atoms with E-state index >= 15 is 0 Å². The third-order valence-corrected chi connectivity index (χ3v) is 3.84. The zero-order valence-electron chi connectivity index (χ0n) is 10.9. The van der Waals surface area contributed by atoms with E-state index in [1.54, 1.807) is 18.2 Å². The molecule has 0 heterocycles. The summed E-state index contributed by atoms with van der Waals surface area (Å²) in [4.78, 5) is -0.303. The van der Waals surface area contributed by atoms with E-state index in [9.17, 15) is 12.8 Å². The number of rotatable bonds is 4. The standard InChI is InChI=1S/C14H10FNO4S/c1-19-11-3-2-4-12(8-11)20-21(17,18)13-5-6-14(15)10(7-13)9-16/h2-8H,1H3. The molecule has 2 rings (SSSR count). The average Bonchev–Trinajstić information content (AvgIpc) is 2.47. The van der Waals surface area contributed by atoms with E-state index in [0.717, 1.165) is 18.2 Å². The van der Waals surface area contributed by atoms with Crippen LogP contribution in [0.3, 0.4) is 0 Å². The SMILES string of the molecule is COc1cccc(OS(=O)(=O)c2ccc(F)c(C#N)c2)c1. The van der Waals surface area contributed by atoms with Crippen molar-refractivity contribution in [2.24, 2.45) is 0 Å². The van der Waals surface area contributed by atoms with E-state index in [0.29, 0.717) is 5.75 Å². The second kappa shape index (κ2) is 5.81. The molecule has 0 saturated carbocycles. The Kier molecular flexibility index (Phi) is 4.10. The summed E-state index contributed by atoms with van der Waals surface area (Å²) in [5.41, 5.74) is -0.370. The molecule has 2 aromatic carbocycles. The lowest BCUT2D eigenvalue weighted by Gasteiger charge is -2.08. The van der Waals surface area contributed by atoms with E-state index in [-0.39, 0.29) is 16.2 Å². The van der Waals surface area contributed by atoms with Crippen molar-refractivity contribution in [1.82, 2.24) is 0 Å². The molecule has 0 fully saturated rings. The molecule has 0 aliphatic carbocycles. The highest BCUT2D eigenvalue weighted by Gasteiger charge is 2.19. The molecule has 2 aromatic rings. The van der Waals surface area contributed by atoms with Gasteiger partial charge >= 0.3 is 10.1 Å². The first kappa shape index (κ1) is 14.8. The van der Waals surface area contributed by atoms with Crippen molar-refractivity contribution in [3.63, 3.8) is 0 Å². The first-order valence-corrected chi connectivity index (χ1v) is 7.15. The lowest BCUT2D eigenvalue weighted by Crippen LogP contribution is -2.10. The number of nitriles is 1. The van der Waals surface area contributed by atoms with Gasteiger partial charge in [0.05, 0.1) is 12.7 Å². The van der Waals surface area contributed by atoms with Crippen molar-refractivity contribution in [3.8, 4) is 17.6 Å². The highest BCUT2D eigenvalue weighted by molar-refractivity contribution is 7.87. The molecular weight excluding hydrogens is 297 g/mol. The molecule has 5 nitrogen and oxygen atoms in total. The molecular formula is C14H10FNO4S. The zero-order valence-corrected chi connectivity index (χ0v) is 11.7. The van der Waals surface area contributed by atoms with Crippen molar-refractivity contribution in [2.45, 2.75) is 4.90 Å². The minimum atomic E-state index is -4.16. The molecule has 21 heavy (non-hydrogen) atoms. The number of hydrogen-bond donors (Lipinski definition) is 0. The van der Waals surface area contributed by atoms with Gasteiger partial charge in [-0.05, 0) is 30.3 Å². The molecule has 0 saturated heterocycles. The zero-order chi connectivity index (χ0) is 15.5. The lowest BCUT2D eigenvalue weighted by atomic mass is 10.2. The van der Waals surface area contributed by atoms with Gasteiger partial charge in [0.1, 0.15) is 28.3 Å². The van der Waals surface area contributed by atoms with Crippen molar-refractivity contribution in [2.75, 3.05) is 7.11 Å². The summed E-state index contributed by atoms with van der Waals surface area (Å²) >= 11 is 0. The summed E-state index contributed by atoms with van der Waals surface area (Å²) in [6.45, 7) is 0. The molecule has 0 spiro atoms. The Bertz CT molecular complexity index is 812. The Morgan fingerprint density at radius 1 is 1.14 bits per heavy atom. The van der Waals surface area contributed by atoms with Crippen LogP contribution in [0.2, 0.25) is 0 Å². The topological polar surface area (TPSA) is 76.4 Å². The van der Waals surface area contributed by atoms with Gasteiger partial charge in [-0.2, -0.15) is 13.7 Å². The van der Waals surface area contributed by atoms with E-state index in [4.69, 9.17) is 14.2 Å². The van der Waals surface area contributed by atoms with E-state index in [1.165, 1.54) is 19.2 Å². The molecule has 0 unspecified atom stereocenters. The third-order valence-electron chi connectivity index (χ3n) is 2.59. The summed E-state index contributed by atoms with van der Waals surface area (Å²) in [6.07, 6.45) is 0. The number of halogens is 1. The normalized spacial score (nSPS) is 10.7. The van der Waals surface area contributed by atoms with Crippen LogP contribution in [0.1, 0.15) is 5.56 Å². The summed E-state index contributed by atoms with van der Waals surface area (Å²) in [6, 6.07) is 10.5. The van der Waals surface area contributed by atoms with Crippen LogP contribution < -0.4 is 8.92 Å². The van der Waals surface area contributed by atoms with Crippen LogP contribution in [0.15, 0.2) is 47.4 Å². The van der Waals surface area contributed by atoms with Gasteiger partial charge in [0.2, 0.25) is 0 Å². The minimum absolute atomic E-state index is 0.0529. The fourth-order valence-corrected chi connectivity index (χ4v) is 2.52. The van der Waals surface area contributed by atoms with Crippen molar-refractivity contribution in [1.29, 1.82) is 5.26 Å². The molecule has 0 N–H and O–H groups in total. The Labute approximate surface area is 121 Å². The highest BCUT2D eigenvalue weighted by atomic mass is 32.2. The van der Waals surface area contributed by atoms with Crippen LogP contribution >= 0.6 is 0 Å². The van der Waals surface area contributed by atoms with Gasteiger partial charge in [0.15, 0.2) is 0 Å². The molecule has 0 atom stereocenters. The first-order valence-electron chi connectivity index (χ1n) is 5.74. The molecule has 0 bridgehead atoms. The second-order valence-electron chi connectivity index (χ2n) is 3.97. The number of benzene rings is 2. The van der Waals surface area contributed by atoms with E-state index < -0.39 is 15.9 Å². The smallest absolute Gasteiger partial charge is 0.339 e. The maximum absolute atomic E-state index is 13.2. The molecule has 7 heteroatoms. The van der Waals surface area contributed by atoms with Crippen molar-refractivity contribution in [3.05, 3.63) is 53.8 Å². The minimum Gasteiger partial charge on any atom is -0.497 e. The molecule has 0 aromatic heterocycles. The fourth-order valence-electron chi connectivity index (χ4n) is 1.57. The Morgan fingerprint density at radius 3 is 2.52 bits per heavy atom. The third kappa shape index (κ3) is 3.30. The van der Waals surface area contributed by atoms with Crippen LogP contribution in [0.5, 0.6) is 11.5 Å². The quantitative estimate of drug-likeness (QED) is 0.811. The molecule has 0 amide bonds. The van der Waals surface area contributed by atoms with Gasteiger partial charge in [0.25, 0.3) is 0 Å². The number of ether oxygens (including phenoxy) is 1. The maximum Gasteiger partial charge on any atom is 0.339 e. The number of methoxy groups -OCH3 is 1. The second-order valence-corrected chi connectivity index (χ2v) is 5.52. The van der Waals surface area contributed by atoms with Crippen LogP contribution in [-0.2, 0) is 10.1 Å². The molecule has 0 radical (unpaired) electrons. The number of nitrogens with zero attached hydrogens (tertiary/aromatic N) is 1. The Balaban J connectivity index is 2.36. The first-order chi connectivity index (χ1) is 9.96. The number of hydrogen-bond acceptors (Lipinski definition) is 5. The largest absolute Gasteiger partial charge is 0.497 e. The van der Waals surface area contributed by atoms with Gasteiger partial charge < -0.3 is 8.92 Å². The predicted octanol–water partition coefficient (Wildman–Crippen LogP) is 2.47. The van der Waals surface area contributed by atoms with E-state index in [2.05, 4.69) is 0 Å². The van der Waals surface area contributed by atoms with Gasteiger partial charge in [-0.25, -0.2) is 4.39 Å². The van der Waals surface area contributed by atoms with Crippen LogP contribution in [0.4, 0.5) is 4.39 Å². The summed E-state index contributed by atoms with van der Waals surface area (Å²) < 4.78 is 47.3. The average molecular weight is 307 g/mol. The summed E-state index contributed by atoms with van der Waals surface area (Å²) in [5, 5.41) is 8.72. The monoisotopic (exact) mass is 307 g/mol. The fraction of sp³-hybridized carbons (Fsp3) is 0.0714. The lowest BCUT2D eigenvalue weighted by molar-refractivity contribution is 0.411. The Hall–Kier alpha value is -2.59. The van der Waals surface area contributed by atoms with Gasteiger partial charge in [-0.3, -0.25) is 0 Å². The van der Waals surface area contributed by atoms with Crippen molar-refractivity contribution < 1.29 is 21.7 Å². The van der Waals surface area contributed by atoms with Crippen LogP contribution in [-0.4, -0.2) is 15.5 Å². The van der Waals surface area contributed by atoms with E-state index in [1.807, 2.05) is 0 Å². The summed E-state index contributed by atoms with van der Waals surface area (Å²) in [7, 11) is -2.72. The highest BCUT2D eigenvalue weighted by Crippen LogP contribution is 2.23. The molecule has 108 valence electrons. The summed E-state index contributed by atoms with van der Waals surface area (Å²) in [5.74, 6) is -0.311. The van der Waals surface area contributed by atoms with Gasteiger partial charge in [0, 0.05) is 6.07 Å². The van der Waals surface area contributed by atoms with Gasteiger partial charge in [-0.15, -0.1) is 0 Å². The maximum atomic E-state index is 13.2. The molecule has 0 aliphatic rings. The van der Waals surface area contributed by atoms with Crippen molar-refractivity contribution >= 4 is 10.1 Å². The predicted molar refractivity (Wildman–Crippen MR) is 71.9 cm³/mol. The van der Waals surface area contributed by atoms with Crippen LogP contribution in [0, 0.1) is 17.1 Å². The van der Waals surface area contributed by atoms with Crippen LogP contribution in [0.25, 0.3) is 0 Å². The Morgan fingerprint density at radius 2 is 1.86 bits per heavy atom.